The van der Waals surface area contributed by atoms with Crippen LogP contribution in [0.4, 0.5) is 4.39 Å². The van der Waals surface area contributed by atoms with E-state index in [1.54, 1.807) is 6.07 Å². The number of nitrogens with one attached hydrogen (secondary N) is 2. The molecule has 0 spiro atoms. The third-order valence-electron chi connectivity index (χ3n) is 6.47. The molecule has 5 N–H and O–H groups in total. The normalized spacial score (nSPS) is 19.9. The summed E-state index contributed by atoms with van der Waals surface area (Å²) in [6.45, 7) is 0. The van der Waals surface area contributed by atoms with E-state index in [-0.39, 0.29) is 41.1 Å². The summed E-state index contributed by atoms with van der Waals surface area (Å²) in [5.41, 5.74) is -0.687. The Hall–Kier alpha value is -4.22. The number of carbonyl (C=O) groups is 4. The van der Waals surface area contributed by atoms with E-state index in [0.29, 0.717) is 5.03 Å². The summed E-state index contributed by atoms with van der Waals surface area (Å²) in [7, 11) is 0. The number of rotatable bonds is 10. The molecule has 4 heterocycles. The topological polar surface area (TPSA) is 207 Å². The average molecular weight is 605 g/mol. The van der Waals surface area contributed by atoms with Crippen molar-refractivity contribution in [2.24, 2.45) is 0 Å². The molecule has 4 atom stereocenters. The van der Waals surface area contributed by atoms with Gasteiger partial charge in [0.05, 0.1) is 0 Å². The number of aromatic nitrogens is 4. The molecule has 0 saturated carbocycles. The van der Waals surface area contributed by atoms with Crippen LogP contribution in [0.15, 0.2) is 57.5 Å². The summed E-state index contributed by atoms with van der Waals surface area (Å²) in [6, 6.07) is 7.02. The number of carboxylic acid groups (broad SMARTS) is 2. The van der Waals surface area contributed by atoms with Crippen molar-refractivity contribution in [1.29, 1.82) is 0 Å². The molecule has 0 aliphatic carbocycles. The van der Waals surface area contributed by atoms with Crippen molar-refractivity contribution in [2.45, 2.75) is 40.6 Å². The second kappa shape index (κ2) is 11.3. The molecule has 1 aromatic carbocycles. The molecule has 5 rings (SSSR count). The van der Waals surface area contributed by atoms with Crippen molar-refractivity contribution in [3.63, 3.8) is 0 Å². The van der Waals surface area contributed by atoms with Gasteiger partial charge in [-0.3, -0.25) is 19.3 Å². The number of H-pyrrole nitrogens is 1. The van der Waals surface area contributed by atoms with Gasteiger partial charge in [0.2, 0.25) is 0 Å². The first-order valence-corrected chi connectivity index (χ1v) is 14.0. The summed E-state index contributed by atoms with van der Waals surface area (Å²) >= 11 is 2.19. The number of halogens is 1. The van der Waals surface area contributed by atoms with E-state index in [9.17, 15) is 43.7 Å². The van der Waals surface area contributed by atoms with Gasteiger partial charge in [0, 0.05) is 23.0 Å². The van der Waals surface area contributed by atoms with Crippen molar-refractivity contribution in [3.8, 4) is 0 Å². The Bertz CT molecular complexity index is 1660. The van der Waals surface area contributed by atoms with Crippen LogP contribution < -0.4 is 11.0 Å². The second-order valence-electron chi connectivity index (χ2n) is 9.01. The summed E-state index contributed by atoms with van der Waals surface area (Å²) in [5, 5.41) is 41.0. The number of benzene rings is 1. The zero-order chi connectivity index (χ0) is 29.4. The number of hydrogen-bond donors (Lipinski definition) is 5. The number of aromatic amines is 1. The fourth-order valence-electron chi connectivity index (χ4n) is 4.51. The molecular weight excluding hydrogens is 583 g/mol. The van der Waals surface area contributed by atoms with Crippen LogP contribution in [-0.4, -0.2) is 86.2 Å². The van der Waals surface area contributed by atoms with Crippen LogP contribution in [-0.2, 0) is 19.2 Å². The molecule has 14 nitrogen and oxygen atoms in total. The second-order valence-corrected chi connectivity index (χ2v) is 11.3. The number of thioether (sulfide) groups is 2. The molecule has 2 aromatic heterocycles. The molecule has 214 valence electrons. The first-order valence-electron chi connectivity index (χ1n) is 12.0. The van der Waals surface area contributed by atoms with E-state index >= 15 is 0 Å². The SMILES string of the molecule is O=C(O)CCC(Sc1ccc2n[nH]c(=O)n2n1)C1=C(C(=O)O)N2C(=O)C(NC(=O)C(O)c3ccccc3F)[C@@H]2SC1. The van der Waals surface area contributed by atoms with E-state index in [0.717, 1.165) is 39.0 Å². The maximum absolute atomic E-state index is 14.0. The van der Waals surface area contributed by atoms with Gasteiger partial charge < -0.3 is 20.6 Å². The number of fused-ring (bicyclic) bond motifs is 2. The monoisotopic (exact) mass is 604 g/mol. The Kier molecular flexibility index (Phi) is 7.83. The predicted octanol–water partition coefficient (Wildman–Crippen LogP) is 0.354. The highest BCUT2D eigenvalue weighted by atomic mass is 32.2. The van der Waals surface area contributed by atoms with Gasteiger partial charge in [-0.1, -0.05) is 30.0 Å². The smallest absolute Gasteiger partial charge is 0.364 e. The van der Waals surface area contributed by atoms with Crippen molar-refractivity contribution >= 4 is 52.9 Å². The van der Waals surface area contributed by atoms with Crippen LogP contribution in [0.25, 0.3) is 5.65 Å². The summed E-state index contributed by atoms with van der Waals surface area (Å²) in [5.74, 6) is -5.04. The lowest BCUT2D eigenvalue weighted by molar-refractivity contribution is -0.151. The van der Waals surface area contributed by atoms with Gasteiger partial charge in [0.15, 0.2) is 11.8 Å². The maximum atomic E-state index is 14.0. The largest absolute Gasteiger partial charge is 0.481 e. The van der Waals surface area contributed by atoms with Crippen molar-refractivity contribution in [2.75, 3.05) is 5.75 Å². The molecule has 17 heteroatoms. The number of hydrogen-bond acceptors (Lipinski definition) is 10. The molecule has 3 unspecified atom stereocenters. The summed E-state index contributed by atoms with van der Waals surface area (Å²) in [4.78, 5) is 62.5. The Morgan fingerprint density at radius 2 is 1.95 bits per heavy atom. The molecule has 2 amide bonds. The number of carbonyl (C=O) groups excluding carboxylic acids is 2. The van der Waals surface area contributed by atoms with Gasteiger partial charge in [-0.05, 0) is 30.2 Å². The van der Waals surface area contributed by atoms with Gasteiger partial charge in [-0.2, -0.15) is 14.7 Å². The number of nitrogens with zero attached hydrogens (tertiary/aromatic N) is 4. The number of aliphatic hydroxyl groups is 1. The highest BCUT2D eigenvalue weighted by Crippen LogP contribution is 2.44. The summed E-state index contributed by atoms with van der Waals surface area (Å²) in [6.07, 6.45) is -2.20. The average Bonchev–Trinajstić information content (AvgIpc) is 3.32. The predicted molar refractivity (Wildman–Crippen MR) is 141 cm³/mol. The summed E-state index contributed by atoms with van der Waals surface area (Å²) < 4.78 is 15.0. The number of β-lactam (4-membered cyclic amide) rings is 1. The van der Waals surface area contributed by atoms with Crippen molar-refractivity contribution in [3.05, 3.63) is 69.5 Å². The Morgan fingerprint density at radius 3 is 2.66 bits per heavy atom. The van der Waals surface area contributed by atoms with E-state index < -0.39 is 58.0 Å². The zero-order valence-electron chi connectivity index (χ0n) is 20.8. The third kappa shape index (κ3) is 5.42. The van der Waals surface area contributed by atoms with Crippen molar-refractivity contribution < 1.29 is 38.9 Å². The van der Waals surface area contributed by atoms with Crippen LogP contribution in [0.2, 0.25) is 0 Å². The van der Waals surface area contributed by atoms with Gasteiger partial charge in [-0.25, -0.2) is 19.1 Å². The first kappa shape index (κ1) is 28.3. The molecule has 0 radical (unpaired) electrons. The standard InChI is InChI=1S/C24H21FN6O8S2/c25-12-4-2-1-3-10(12)19(34)20(35)26-17-21(36)30-18(23(37)38)11(9-40-22(17)30)13(5-8-16(32)33)41-15-7-6-14-27-28-24(39)31(14)29-15/h1-4,6-7,13,17,19,22,34H,5,8-9H2,(H,26,35)(H,28,39)(H,32,33)(H,37,38)/t13?,17?,19?,22-/m0/s1. The fourth-order valence-corrected chi connectivity index (χ4v) is 7.18. The molecule has 2 aliphatic heterocycles. The minimum absolute atomic E-state index is 0.00559. The Labute approximate surface area is 237 Å². The van der Waals surface area contributed by atoms with E-state index in [4.69, 9.17) is 0 Å². The van der Waals surface area contributed by atoms with Gasteiger partial charge in [-0.15, -0.1) is 11.8 Å². The number of amides is 2. The number of aliphatic hydroxyl groups excluding tert-OH is 1. The zero-order valence-corrected chi connectivity index (χ0v) is 22.4. The third-order valence-corrected chi connectivity index (χ3v) is 9.03. The highest BCUT2D eigenvalue weighted by molar-refractivity contribution is 8.01. The minimum atomic E-state index is -1.89. The van der Waals surface area contributed by atoms with Crippen molar-refractivity contribution in [1.82, 2.24) is 30.0 Å². The van der Waals surface area contributed by atoms with Crippen LogP contribution in [0.1, 0.15) is 24.5 Å². The van der Waals surface area contributed by atoms with E-state index in [1.807, 2.05) is 0 Å². The van der Waals surface area contributed by atoms with Gasteiger partial charge in [0.25, 0.3) is 11.8 Å². The minimum Gasteiger partial charge on any atom is -0.481 e. The highest BCUT2D eigenvalue weighted by Gasteiger charge is 2.55. The van der Waals surface area contributed by atoms with Crippen LogP contribution in [0, 0.1) is 5.82 Å². The van der Waals surface area contributed by atoms with E-state index in [2.05, 4.69) is 20.6 Å². The molecule has 3 aromatic rings. The van der Waals surface area contributed by atoms with E-state index in [1.165, 1.54) is 24.3 Å². The quantitative estimate of drug-likeness (QED) is 0.157. The lowest BCUT2D eigenvalue weighted by Crippen LogP contribution is -2.71. The number of carboxylic acids is 2. The molecule has 0 bridgehead atoms. The molecule has 1 saturated heterocycles. The molecule has 2 aliphatic rings. The fraction of sp³-hybridized carbons (Fsp3) is 0.292. The molecule has 1 fully saturated rings. The molecule has 41 heavy (non-hydrogen) atoms. The van der Waals surface area contributed by atoms with Gasteiger partial charge >= 0.3 is 17.6 Å². The Balaban J connectivity index is 1.40. The van der Waals surface area contributed by atoms with Crippen LogP contribution in [0.5, 0.6) is 0 Å². The number of aliphatic carboxylic acids is 2. The lowest BCUT2D eigenvalue weighted by Gasteiger charge is -2.50. The Morgan fingerprint density at radius 1 is 1.20 bits per heavy atom. The van der Waals surface area contributed by atoms with Crippen LogP contribution >= 0.6 is 23.5 Å². The lowest BCUT2D eigenvalue weighted by atomic mass is 9.99. The molecular formula is C24H21FN6O8S2. The maximum Gasteiger partial charge on any atom is 0.364 e. The van der Waals surface area contributed by atoms with Gasteiger partial charge in [0.1, 0.15) is 28.0 Å². The first-order chi connectivity index (χ1) is 19.6. The van der Waals surface area contributed by atoms with Crippen LogP contribution in [0.3, 0.4) is 0 Å².